The maximum absolute atomic E-state index is 13.0. The Bertz CT molecular complexity index is 1530. The fourth-order valence-electron chi connectivity index (χ4n) is 5.62. The average Bonchev–Trinajstić information content (AvgIpc) is 3.48. The van der Waals surface area contributed by atoms with Gasteiger partial charge >= 0.3 is 0 Å². The van der Waals surface area contributed by atoms with Gasteiger partial charge in [-0.1, -0.05) is 36.4 Å². The summed E-state index contributed by atoms with van der Waals surface area (Å²) in [5, 5.41) is 5.92. The Morgan fingerprint density at radius 1 is 0.895 bits per heavy atom. The van der Waals surface area contributed by atoms with E-state index in [-0.39, 0.29) is 29.1 Å². The highest BCUT2D eigenvalue weighted by atomic mass is 16.3. The number of amides is 2. The Balaban J connectivity index is 1.29. The normalized spacial score (nSPS) is 17.9. The molecule has 1 fully saturated rings. The van der Waals surface area contributed by atoms with Crippen LogP contribution in [0.15, 0.2) is 94.3 Å². The molecule has 4 heterocycles. The van der Waals surface area contributed by atoms with Crippen molar-refractivity contribution in [3.8, 4) is 0 Å². The molecule has 0 radical (unpaired) electrons. The summed E-state index contributed by atoms with van der Waals surface area (Å²) < 4.78 is 7.19. The van der Waals surface area contributed by atoms with E-state index < -0.39 is 0 Å². The van der Waals surface area contributed by atoms with Crippen LogP contribution >= 0.6 is 0 Å². The second kappa shape index (κ2) is 10.0. The fourth-order valence-corrected chi connectivity index (χ4v) is 5.62. The Labute approximate surface area is 219 Å². The van der Waals surface area contributed by atoms with E-state index in [0.29, 0.717) is 36.8 Å². The summed E-state index contributed by atoms with van der Waals surface area (Å²) in [6.45, 7) is 2.55. The lowest BCUT2D eigenvalue weighted by molar-refractivity contribution is 0.0949. The van der Waals surface area contributed by atoms with E-state index >= 15 is 0 Å². The molecular formula is C30H28N4O4. The number of hydrogen-bond donors (Lipinski definition) is 2. The lowest BCUT2D eigenvalue weighted by Gasteiger charge is -2.44. The van der Waals surface area contributed by atoms with Gasteiger partial charge in [-0.2, -0.15) is 0 Å². The van der Waals surface area contributed by atoms with Crippen molar-refractivity contribution in [3.05, 3.63) is 118 Å². The number of carbonyl (C=O) groups excluding carboxylic acids is 2. The molecular weight excluding hydrogens is 480 g/mol. The van der Waals surface area contributed by atoms with E-state index in [1.807, 2.05) is 53.1 Å². The minimum atomic E-state index is -0.382. The van der Waals surface area contributed by atoms with Crippen LogP contribution in [0.5, 0.6) is 0 Å². The third-order valence-electron chi connectivity index (χ3n) is 7.37. The number of rotatable bonds is 6. The van der Waals surface area contributed by atoms with Gasteiger partial charge in [-0.05, 0) is 54.3 Å². The molecule has 192 valence electrons. The predicted octanol–water partition coefficient (Wildman–Crippen LogP) is 4.25. The van der Waals surface area contributed by atoms with Crippen molar-refractivity contribution in [2.75, 3.05) is 23.3 Å². The van der Waals surface area contributed by atoms with Gasteiger partial charge in [-0.25, -0.2) is 0 Å². The minimum Gasteiger partial charge on any atom is -0.459 e. The van der Waals surface area contributed by atoms with Crippen molar-refractivity contribution in [2.24, 2.45) is 5.92 Å². The lowest BCUT2D eigenvalue weighted by atomic mass is 9.83. The molecule has 1 saturated heterocycles. The van der Waals surface area contributed by atoms with Gasteiger partial charge in [0.15, 0.2) is 5.76 Å². The van der Waals surface area contributed by atoms with Gasteiger partial charge in [0.2, 0.25) is 0 Å². The number of fused-ring (bicyclic) bond motifs is 4. The largest absolute Gasteiger partial charge is 0.459 e. The molecule has 38 heavy (non-hydrogen) atoms. The van der Waals surface area contributed by atoms with Crippen molar-refractivity contribution in [2.45, 2.75) is 25.4 Å². The van der Waals surface area contributed by atoms with E-state index in [1.54, 1.807) is 30.3 Å². The number of benzene rings is 2. The standard InChI is InChI=1S/C30H28N4O4/c35-28-10-4-8-25-23-14-21(18-34(25)28)17-33(19-23)26-12-11-22(29(36)31-16-20-6-2-1-3-7-20)15-24(26)32-30(37)27-9-5-13-38-27/h1-13,15,21,23H,14,16-19H2,(H,31,36)(H,32,37)/t21-,23+/m1/s1. The Kier molecular flexibility index (Phi) is 6.29. The van der Waals surface area contributed by atoms with E-state index in [0.717, 1.165) is 29.9 Å². The molecule has 0 aliphatic carbocycles. The van der Waals surface area contributed by atoms with Crippen molar-refractivity contribution in [3.63, 3.8) is 0 Å². The summed E-state index contributed by atoms with van der Waals surface area (Å²) in [7, 11) is 0. The first-order chi connectivity index (χ1) is 18.5. The van der Waals surface area contributed by atoms with E-state index in [2.05, 4.69) is 15.5 Å². The number of nitrogens with one attached hydrogen (secondary N) is 2. The molecule has 8 nitrogen and oxygen atoms in total. The number of furan rings is 1. The van der Waals surface area contributed by atoms with Crippen molar-refractivity contribution < 1.29 is 14.0 Å². The third-order valence-corrected chi connectivity index (χ3v) is 7.37. The maximum atomic E-state index is 13.0. The molecule has 2 aliphatic heterocycles. The van der Waals surface area contributed by atoms with Crippen molar-refractivity contribution >= 4 is 23.2 Å². The smallest absolute Gasteiger partial charge is 0.291 e. The van der Waals surface area contributed by atoms with Crippen molar-refractivity contribution in [1.29, 1.82) is 0 Å². The summed E-state index contributed by atoms with van der Waals surface area (Å²) >= 11 is 0. The molecule has 2 aliphatic rings. The van der Waals surface area contributed by atoms with Crippen LogP contribution in [0.1, 0.15) is 44.5 Å². The number of hydrogen-bond acceptors (Lipinski definition) is 5. The Morgan fingerprint density at radius 3 is 2.58 bits per heavy atom. The van der Waals surface area contributed by atoms with Crippen LogP contribution in [-0.2, 0) is 13.1 Å². The first-order valence-corrected chi connectivity index (χ1v) is 12.8. The number of anilines is 2. The molecule has 0 unspecified atom stereocenters. The zero-order chi connectivity index (χ0) is 26.1. The van der Waals surface area contributed by atoms with Gasteiger partial charge in [0.05, 0.1) is 17.6 Å². The van der Waals surface area contributed by atoms with Gasteiger partial charge < -0.3 is 24.5 Å². The number of aromatic nitrogens is 1. The Hall–Kier alpha value is -4.59. The molecule has 2 amide bonds. The lowest BCUT2D eigenvalue weighted by Crippen LogP contribution is -2.47. The summed E-state index contributed by atoms with van der Waals surface area (Å²) in [5.74, 6) is 0.103. The van der Waals surface area contributed by atoms with Crippen LogP contribution in [0.25, 0.3) is 0 Å². The third kappa shape index (κ3) is 4.72. The number of piperidine rings is 1. The molecule has 6 rings (SSSR count). The highest BCUT2D eigenvalue weighted by Gasteiger charge is 2.35. The van der Waals surface area contributed by atoms with Crippen LogP contribution in [0.4, 0.5) is 11.4 Å². The molecule has 0 spiro atoms. The number of pyridine rings is 1. The highest BCUT2D eigenvalue weighted by Crippen LogP contribution is 2.39. The molecule has 2 atom stereocenters. The topological polar surface area (TPSA) is 96.6 Å². The molecule has 0 saturated carbocycles. The van der Waals surface area contributed by atoms with E-state index in [9.17, 15) is 14.4 Å². The van der Waals surface area contributed by atoms with Crippen LogP contribution in [0.3, 0.4) is 0 Å². The molecule has 4 aromatic rings. The molecule has 2 aromatic carbocycles. The SMILES string of the molecule is O=C(NCc1ccccc1)c1ccc(N2C[C@H]3C[C@@H](C2)c2cccc(=O)n2C3)c(NC(=O)c2ccco2)c1. The van der Waals surface area contributed by atoms with Crippen molar-refractivity contribution in [1.82, 2.24) is 9.88 Å². The number of carbonyl (C=O) groups is 2. The van der Waals surface area contributed by atoms with Gasteiger partial charge in [0.1, 0.15) is 0 Å². The van der Waals surface area contributed by atoms with Gasteiger partial charge in [-0.3, -0.25) is 14.4 Å². The maximum Gasteiger partial charge on any atom is 0.291 e. The van der Waals surface area contributed by atoms with E-state index in [4.69, 9.17) is 4.42 Å². The highest BCUT2D eigenvalue weighted by molar-refractivity contribution is 6.05. The van der Waals surface area contributed by atoms with Gasteiger partial charge in [-0.15, -0.1) is 0 Å². The first kappa shape index (κ1) is 23.8. The number of nitrogens with zero attached hydrogens (tertiary/aromatic N) is 2. The predicted molar refractivity (Wildman–Crippen MR) is 144 cm³/mol. The Morgan fingerprint density at radius 2 is 1.76 bits per heavy atom. The molecule has 2 aromatic heterocycles. The van der Waals surface area contributed by atoms with Crippen LogP contribution in [0.2, 0.25) is 0 Å². The summed E-state index contributed by atoms with van der Waals surface area (Å²) in [6.07, 6.45) is 2.47. The quantitative estimate of drug-likeness (QED) is 0.406. The molecule has 2 bridgehead atoms. The zero-order valence-corrected chi connectivity index (χ0v) is 20.8. The average molecular weight is 509 g/mol. The van der Waals surface area contributed by atoms with Gasteiger partial charge in [0.25, 0.3) is 17.4 Å². The monoisotopic (exact) mass is 508 g/mol. The van der Waals surface area contributed by atoms with Gasteiger partial charge in [0, 0.05) is 49.4 Å². The van der Waals surface area contributed by atoms with Crippen LogP contribution in [0, 0.1) is 5.92 Å². The second-order valence-corrected chi connectivity index (χ2v) is 9.93. The zero-order valence-electron chi connectivity index (χ0n) is 20.8. The van der Waals surface area contributed by atoms with Crippen LogP contribution in [-0.4, -0.2) is 29.5 Å². The molecule has 8 heteroatoms. The van der Waals surface area contributed by atoms with E-state index in [1.165, 1.54) is 6.26 Å². The summed E-state index contributed by atoms with van der Waals surface area (Å²) in [4.78, 5) is 40.6. The minimum absolute atomic E-state index is 0.0444. The second-order valence-electron chi connectivity index (χ2n) is 9.93. The fraction of sp³-hybridized carbons (Fsp3) is 0.233. The summed E-state index contributed by atoms with van der Waals surface area (Å²) in [6, 6.07) is 23.9. The first-order valence-electron chi connectivity index (χ1n) is 12.8. The van der Waals surface area contributed by atoms with Crippen LogP contribution < -0.4 is 21.1 Å². The molecule has 2 N–H and O–H groups in total. The summed E-state index contributed by atoms with van der Waals surface area (Å²) in [5.41, 5.74) is 3.94.